The Labute approximate surface area is 93.0 Å². The predicted molar refractivity (Wildman–Crippen MR) is 60.0 cm³/mol. The van der Waals surface area contributed by atoms with E-state index in [-0.39, 0.29) is 0 Å². The summed E-state index contributed by atoms with van der Waals surface area (Å²) in [4.78, 5) is 0. The molecule has 6 nitrogen and oxygen atoms in total. The maximum Gasteiger partial charge on any atom is 0.204 e. The minimum absolute atomic E-state index is 0.600. The lowest BCUT2D eigenvalue weighted by Gasteiger charge is -2.05. The number of tetrazole rings is 1. The van der Waals surface area contributed by atoms with Crippen LogP contribution in [0.5, 0.6) is 0 Å². The third-order valence-corrected chi connectivity index (χ3v) is 2.12. The lowest BCUT2D eigenvalue weighted by atomic mass is 10.2. The van der Waals surface area contributed by atoms with E-state index in [0.717, 1.165) is 17.8 Å². The van der Waals surface area contributed by atoms with Gasteiger partial charge in [-0.25, -0.2) is 0 Å². The number of nitrogens with zero attached hydrogens (tertiary/aromatic N) is 3. The quantitative estimate of drug-likeness (QED) is 0.731. The highest BCUT2D eigenvalue weighted by molar-refractivity contribution is 5.58. The number of aromatic nitrogens is 4. The second-order valence-electron chi connectivity index (χ2n) is 3.23. The van der Waals surface area contributed by atoms with Crippen LogP contribution in [-0.4, -0.2) is 40.9 Å². The van der Waals surface area contributed by atoms with E-state index in [1.54, 1.807) is 7.11 Å². The summed E-state index contributed by atoms with van der Waals surface area (Å²) >= 11 is 0. The molecule has 16 heavy (non-hydrogen) atoms. The smallest absolute Gasteiger partial charge is 0.204 e. The van der Waals surface area contributed by atoms with E-state index in [1.807, 2.05) is 24.3 Å². The number of ether oxygens (including phenoxy) is 1. The third-order valence-electron chi connectivity index (χ3n) is 2.12. The van der Waals surface area contributed by atoms with Crippen molar-refractivity contribution in [1.82, 2.24) is 20.6 Å². The third kappa shape index (κ3) is 2.54. The lowest BCUT2D eigenvalue weighted by Crippen LogP contribution is -2.07. The van der Waals surface area contributed by atoms with Crippen LogP contribution in [-0.2, 0) is 4.74 Å². The molecule has 1 aromatic carbocycles. The molecule has 0 spiro atoms. The van der Waals surface area contributed by atoms with Crippen molar-refractivity contribution >= 4 is 5.69 Å². The minimum Gasteiger partial charge on any atom is -0.383 e. The number of benzene rings is 1. The van der Waals surface area contributed by atoms with Gasteiger partial charge in [0.25, 0.3) is 0 Å². The first-order valence-corrected chi connectivity index (χ1v) is 4.97. The van der Waals surface area contributed by atoms with E-state index in [4.69, 9.17) is 4.74 Å². The number of hydrogen-bond donors (Lipinski definition) is 2. The molecule has 0 aliphatic rings. The Hall–Kier alpha value is -1.95. The van der Waals surface area contributed by atoms with Crippen LogP contribution in [0.3, 0.4) is 0 Å². The van der Waals surface area contributed by atoms with Crippen molar-refractivity contribution in [1.29, 1.82) is 0 Å². The number of aromatic amines is 1. The Morgan fingerprint density at radius 1 is 1.31 bits per heavy atom. The zero-order chi connectivity index (χ0) is 11.2. The van der Waals surface area contributed by atoms with Crippen LogP contribution in [0, 0.1) is 0 Å². The summed E-state index contributed by atoms with van der Waals surface area (Å²) in [5, 5.41) is 17.0. The lowest BCUT2D eigenvalue weighted by molar-refractivity contribution is 0.211. The molecule has 0 fully saturated rings. The number of nitrogens with one attached hydrogen (secondary N) is 2. The Balaban J connectivity index is 2.00. The Bertz CT molecular complexity index is 411. The topological polar surface area (TPSA) is 75.7 Å². The average molecular weight is 219 g/mol. The monoisotopic (exact) mass is 219 g/mol. The number of hydrogen-bond acceptors (Lipinski definition) is 5. The van der Waals surface area contributed by atoms with Gasteiger partial charge < -0.3 is 10.1 Å². The van der Waals surface area contributed by atoms with Crippen molar-refractivity contribution in [3.05, 3.63) is 24.3 Å². The van der Waals surface area contributed by atoms with Crippen molar-refractivity contribution in [3.63, 3.8) is 0 Å². The van der Waals surface area contributed by atoms with E-state index < -0.39 is 0 Å². The molecule has 1 aromatic heterocycles. The Morgan fingerprint density at radius 3 is 2.75 bits per heavy atom. The first-order chi connectivity index (χ1) is 7.90. The van der Waals surface area contributed by atoms with Gasteiger partial charge in [0.15, 0.2) is 0 Å². The summed E-state index contributed by atoms with van der Waals surface area (Å²) in [5.41, 5.74) is 1.98. The van der Waals surface area contributed by atoms with E-state index in [2.05, 4.69) is 25.9 Å². The zero-order valence-electron chi connectivity index (χ0n) is 8.97. The van der Waals surface area contributed by atoms with Gasteiger partial charge >= 0.3 is 0 Å². The van der Waals surface area contributed by atoms with Gasteiger partial charge in [-0.3, -0.25) is 0 Å². The molecule has 0 unspecified atom stereocenters. The highest BCUT2D eigenvalue weighted by Crippen LogP contribution is 2.16. The molecule has 0 aliphatic heterocycles. The molecule has 0 saturated carbocycles. The van der Waals surface area contributed by atoms with Crippen molar-refractivity contribution < 1.29 is 4.74 Å². The van der Waals surface area contributed by atoms with E-state index in [9.17, 15) is 0 Å². The van der Waals surface area contributed by atoms with Crippen molar-refractivity contribution in [2.75, 3.05) is 25.6 Å². The second-order valence-corrected chi connectivity index (χ2v) is 3.23. The molecule has 84 valence electrons. The molecule has 0 saturated heterocycles. The van der Waals surface area contributed by atoms with Crippen molar-refractivity contribution in [2.45, 2.75) is 0 Å². The first-order valence-electron chi connectivity index (χ1n) is 4.97. The standard InChI is InChI=1S/C10H13N5O/c1-16-7-6-11-9-4-2-8(3-5-9)10-12-14-15-13-10/h2-5,11H,6-7H2,1H3,(H,12,13,14,15). The SMILES string of the molecule is COCCNc1ccc(-c2nn[nH]n2)cc1. The van der Waals surface area contributed by atoms with Crippen LogP contribution in [0.15, 0.2) is 24.3 Å². The fourth-order valence-electron chi connectivity index (χ4n) is 1.32. The highest BCUT2D eigenvalue weighted by Gasteiger charge is 2.01. The fourth-order valence-corrected chi connectivity index (χ4v) is 1.32. The second kappa shape index (κ2) is 5.22. The number of rotatable bonds is 5. The van der Waals surface area contributed by atoms with Crippen LogP contribution in [0.25, 0.3) is 11.4 Å². The Morgan fingerprint density at radius 2 is 2.12 bits per heavy atom. The molecule has 0 aliphatic carbocycles. The Kier molecular flexibility index (Phi) is 3.45. The van der Waals surface area contributed by atoms with E-state index >= 15 is 0 Å². The zero-order valence-corrected chi connectivity index (χ0v) is 8.97. The molecule has 2 aromatic rings. The molecule has 6 heteroatoms. The average Bonchev–Trinajstić information content (AvgIpc) is 2.84. The van der Waals surface area contributed by atoms with E-state index in [1.165, 1.54) is 0 Å². The summed E-state index contributed by atoms with van der Waals surface area (Å²) in [7, 11) is 1.68. The highest BCUT2D eigenvalue weighted by atomic mass is 16.5. The summed E-state index contributed by atoms with van der Waals surface area (Å²) in [6.45, 7) is 1.48. The van der Waals surface area contributed by atoms with Gasteiger partial charge in [-0.1, -0.05) is 0 Å². The molecule has 0 bridgehead atoms. The van der Waals surface area contributed by atoms with Crippen LogP contribution in [0.1, 0.15) is 0 Å². The molecule has 0 amide bonds. The van der Waals surface area contributed by atoms with Crippen LogP contribution in [0.2, 0.25) is 0 Å². The van der Waals surface area contributed by atoms with Crippen molar-refractivity contribution in [2.24, 2.45) is 0 Å². The summed E-state index contributed by atoms with van der Waals surface area (Å²) in [6, 6.07) is 7.84. The fraction of sp³-hybridized carbons (Fsp3) is 0.300. The van der Waals surface area contributed by atoms with Gasteiger partial charge in [0, 0.05) is 24.9 Å². The number of H-pyrrole nitrogens is 1. The van der Waals surface area contributed by atoms with Gasteiger partial charge in [0.2, 0.25) is 5.82 Å². The van der Waals surface area contributed by atoms with Gasteiger partial charge in [0.1, 0.15) is 0 Å². The van der Waals surface area contributed by atoms with Crippen LogP contribution < -0.4 is 5.32 Å². The van der Waals surface area contributed by atoms with Gasteiger partial charge in [-0.2, -0.15) is 5.21 Å². The predicted octanol–water partition coefficient (Wildman–Crippen LogP) is 0.925. The summed E-state index contributed by atoms with van der Waals surface area (Å²) in [6.07, 6.45) is 0. The molecular weight excluding hydrogens is 206 g/mol. The maximum atomic E-state index is 4.95. The summed E-state index contributed by atoms with van der Waals surface area (Å²) in [5.74, 6) is 0.600. The number of anilines is 1. The van der Waals surface area contributed by atoms with Crippen LogP contribution in [0.4, 0.5) is 5.69 Å². The molecular formula is C10H13N5O. The van der Waals surface area contributed by atoms with Crippen LogP contribution >= 0.6 is 0 Å². The first kappa shape index (κ1) is 10.6. The van der Waals surface area contributed by atoms with E-state index in [0.29, 0.717) is 12.4 Å². The molecule has 2 rings (SSSR count). The molecule has 0 atom stereocenters. The maximum absolute atomic E-state index is 4.95. The molecule has 1 heterocycles. The molecule has 2 N–H and O–H groups in total. The number of methoxy groups -OCH3 is 1. The van der Waals surface area contributed by atoms with Gasteiger partial charge in [-0.05, 0) is 29.5 Å². The molecule has 0 radical (unpaired) electrons. The van der Waals surface area contributed by atoms with Gasteiger partial charge in [0.05, 0.1) is 6.61 Å². The largest absolute Gasteiger partial charge is 0.383 e. The van der Waals surface area contributed by atoms with Gasteiger partial charge in [-0.15, -0.1) is 10.2 Å². The minimum atomic E-state index is 0.600. The van der Waals surface area contributed by atoms with Crippen molar-refractivity contribution in [3.8, 4) is 11.4 Å². The summed E-state index contributed by atoms with van der Waals surface area (Å²) < 4.78 is 4.95. The normalized spacial score (nSPS) is 10.3.